The number of nitrogens with two attached hydrogens (primary N) is 1. The lowest BCUT2D eigenvalue weighted by Gasteiger charge is -2.24. The van der Waals surface area contributed by atoms with Crippen LogP contribution in [0.1, 0.15) is 63.8 Å². The molecule has 1 aliphatic rings. The predicted octanol–water partition coefficient (Wildman–Crippen LogP) is 3.73. The maximum Gasteiger partial charge on any atom is 0.137 e. The largest absolute Gasteiger partial charge is 0.383 e. The van der Waals surface area contributed by atoms with E-state index in [0.717, 1.165) is 49.1 Å². The summed E-state index contributed by atoms with van der Waals surface area (Å²) in [5.74, 6) is 3.50. The van der Waals surface area contributed by atoms with Gasteiger partial charge in [-0.15, -0.1) is 0 Å². The van der Waals surface area contributed by atoms with Gasteiger partial charge in [-0.2, -0.15) is 0 Å². The molecule has 2 rings (SSSR count). The number of rotatable bonds is 5. The molecule has 1 aromatic rings. The van der Waals surface area contributed by atoms with E-state index in [-0.39, 0.29) is 0 Å². The first-order chi connectivity index (χ1) is 10.2. The normalized spacial score (nSPS) is 19.6. The van der Waals surface area contributed by atoms with E-state index in [9.17, 15) is 0 Å². The minimum Gasteiger partial charge on any atom is -0.383 e. The fourth-order valence-electron chi connectivity index (χ4n) is 3.29. The molecule has 1 atom stereocenters. The van der Waals surface area contributed by atoms with Crippen LogP contribution < -0.4 is 10.6 Å². The van der Waals surface area contributed by atoms with E-state index in [0.29, 0.717) is 5.82 Å². The molecule has 4 nitrogen and oxygen atoms in total. The molecule has 1 saturated heterocycles. The third-order valence-corrected chi connectivity index (χ3v) is 4.52. The molecule has 0 aromatic carbocycles. The van der Waals surface area contributed by atoms with Crippen LogP contribution in [-0.4, -0.2) is 23.1 Å². The molecule has 118 valence electrons. The minimum atomic E-state index is 0.651. The lowest BCUT2D eigenvalue weighted by molar-refractivity contribution is 0.435. The summed E-state index contributed by atoms with van der Waals surface area (Å²) in [7, 11) is 0. The lowest BCUT2D eigenvalue weighted by Crippen LogP contribution is -2.27. The number of nitrogens with zero attached hydrogens (tertiary/aromatic N) is 3. The van der Waals surface area contributed by atoms with Crippen LogP contribution in [0.2, 0.25) is 0 Å². The van der Waals surface area contributed by atoms with Crippen LogP contribution in [0.3, 0.4) is 0 Å². The van der Waals surface area contributed by atoms with E-state index >= 15 is 0 Å². The van der Waals surface area contributed by atoms with Crippen molar-refractivity contribution in [2.75, 3.05) is 23.7 Å². The smallest absolute Gasteiger partial charge is 0.137 e. The van der Waals surface area contributed by atoms with Crippen molar-refractivity contribution in [2.24, 2.45) is 5.92 Å². The highest BCUT2D eigenvalue weighted by Gasteiger charge is 2.20. The van der Waals surface area contributed by atoms with E-state index in [1.165, 1.54) is 32.1 Å². The van der Waals surface area contributed by atoms with Gasteiger partial charge in [0.1, 0.15) is 17.5 Å². The summed E-state index contributed by atoms with van der Waals surface area (Å²) in [5, 5.41) is 0. The van der Waals surface area contributed by atoms with E-state index in [1.807, 2.05) is 0 Å². The molecule has 1 aliphatic heterocycles. The predicted molar refractivity (Wildman–Crippen MR) is 89.6 cm³/mol. The topological polar surface area (TPSA) is 55.0 Å². The van der Waals surface area contributed by atoms with Gasteiger partial charge in [-0.05, 0) is 38.5 Å². The first kappa shape index (κ1) is 16.1. The first-order valence-electron chi connectivity index (χ1n) is 8.53. The average molecular weight is 290 g/mol. The summed E-state index contributed by atoms with van der Waals surface area (Å²) in [4.78, 5) is 11.7. The van der Waals surface area contributed by atoms with Crippen LogP contribution in [-0.2, 0) is 6.42 Å². The monoisotopic (exact) mass is 290 g/mol. The van der Waals surface area contributed by atoms with Gasteiger partial charge in [-0.1, -0.05) is 26.7 Å². The third-order valence-electron chi connectivity index (χ3n) is 4.52. The van der Waals surface area contributed by atoms with Gasteiger partial charge < -0.3 is 10.6 Å². The van der Waals surface area contributed by atoms with Crippen LogP contribution in [0.5, 0.6) is 0 Å². The number of hydrogen-bond acceptors (Lipinski definition) is 4. The molecule has 1 fully saturated rings. The summed E-state index contributed by atoms with van der Waals surface area (Å²) in [5.41, 5.74) is 7.14. The molecule has 0 saturated carbocycles. The van der Waals surface area contributed by atoms with Gasteiger partial charge in [0.05, 0.1) is 0 Å². The van der Waals surface area contributed by atoms with Crippen molar-refractivity contribution in [1.29, 1.82) is 0 Å². The van der Waals surface area contributed by atoms with Crippen LogP contribution >= 0.6 is 0 Å². The van der Waals surface area contributed by atoms with Gasteiger partial charge in [0, 0.05) is 25.1 Å². The molecule has 0 bridgehead atoms. The molecule has 0 spiro atoms. The quantitative estimate of drug-likeness (QED) is 0.898. The molecule has 0 aliphatic carbocycles. The number of nitrogen functional groups attached to an aromatic ring is 1. The van der Waals surface area contributed by atoms with Crippen molar-refractivity contribution >= 4 is 11.6 Å². The van der Waals surface area contributed by atoms with Gasteiger partial charge in [-0.3, -0.25) is 0 Å². The van der Waals surface area contributed by atoms with Crippen molar-refractivity contribution in [3.05, 3.63) is 11.4 Å². The molecule has 0 amide bonds. The Morgan fingerprint density at radius 2 is 1.95 bits per heavy atom. The van der Waals surface area contributed by atoms with Crippen molar-refractivity contribution in [2.45, 2.75) is 65.7 Å². The maximum atomic E-state index is 6.09. The van der Waals surface area contributed by atoms with Crippen molar-refractivity contribution < 1.29 is 0 Å². The highest BCUT2D eigenvalue weighted by atomic mass is 15.2. The molecule has 21 heavy (non-hydrogen) atoms. The summed E-state index contributed by atoms with van der Waals surface area (Å²) in [6.45, 7) is 8.70. The van der Waals surface area contributed by atoms with Crippen molar-refractivity contribution in [1.82, 2.24) is 9.97 Å². The SMILES string of the molecule is CCCc1nc(N)c(C)c(N2CCCC(CCC)CC2)n1. The second-order valence-electron chi connectivity index (χ2n) is 6.30. The number of aryl methyl sites for hydroxylation is 1. The Hall–Kier alpha value is -1.32. The molecule has 2 N–H and O–H groups in total. The van der Waals surface area contributed by atoms with E-state index in [2.05, 4.69) is 30.7 Å². The third kappa shape index (κ3) is 4.08. The van der Waals surface area contributed by atoms with E-state index < -0.39 is 0 Å². The zero-order valence-corrected chi connectivity index (χ0v) is 13.9. The zero-order chi connectivity index (χ0) is 15.2. The lowest BCUT2D eigenvalue weighted by atomic mass is 9.96. The van der Waals surface area contributed by atoms with Crippen molar-refractivity contribution in [3.8, 4) is 0 Å². The Morgan fingerprint density at radius 1 is 1.14 bits per heavy atom. The highest BCUT2D eigenvalue weighted by molar-refractivity contribution is 5.56. The van der Waals surface area contributed by atoms with Gasteiger partial charge in [0.25, 0.3) is 0 Å². The molecule has 0 radical (unpaired) electrons. The fraction of sp³-hybridized carbons (Fsp3) is 0.765. The van der Waals surface area contributed by atoms with Gasteiger partial charge in [0.15, 0.2) is 0 Å². The van der Waals surface area contributed by atoms with E-state index in [4.69, 9.17) is 10.7 Å². The molecule has 4 heteroatoms. The second-order valence-corrected chi connectivity index (χ2v) is 6.30. The standard InChI is InChI=1S/C17H30N4/c1-4-7-14-9-6-11-21(12-10-14)17-13(3)16(18)19-15(20-17)8-5-2/h14H,4-12H2,1-3H3,(H2,18,19,20). The van der Waals surface area contributed by atoms with E-state index in [1.54, 1.807) is 0 Å². The molecular weight excluding hydrogens is 260 g/mol. The molecule has 1 unspecified atom stereocenters. The second kappa shape index (κ2) is 7.62. The Morgan fingerprint density at radius 3 is 2.67 bits per heavy atom. The van der Waals surface area contributed by atoms with Gasteiger partial charge >= 0.3 is 0 Å². The maximum absolute atomic E-state index is 6.09. The highest BCUT2D eigenvalue weighted by Crippen LogP contribution is 2.28. The summed E-state index contributed by atoms with van der Waals surface area (Å²) >= 11 is 0. The Balaban J connectivity index is 2.16. The number of hydrogen-bond donors (Lipinski definition) is 1. The zero-order valence-electron chi connectivity index (χ0n) is 13.9. The Labute approximate surface area is 129 Å². The summed E-state index contributed by atoms with van der Waals surface area (Å²) < 4.78 is 0. The van der Waals surface area contributed by atoms with Crippen LogP contribution in [0.15, 0.2) is 0 Å². The van der Waals surface area contributed by atoms with Crippen LogP contribution in [0, 0.1) is 12.8 Å². The molecular formula is C17H30N4. The first-order valence-corrected chi connectivity index (χ1v) is 8.53. The average Bonchev–Trinajstić information content (AvgIpc) is 2.69. The number of aromatic nitrogens is 2. The summed E-state index contributed by atoms with van der Waals surface area (Å²) in [6, 6.07) is 0. The van der Waals surface area contributed by atoms with Gasteiger partial charge in [-0.25, -0.2) is 9.97 Å². The number of anilines is 2. The minimum absolute atomic E-state index is 0.651. The fourth-order valence-corrected chi connectivity index (χ4v) is 3.29. The molecule has 1 aromatic heterocycles. The van der Waals surface area contributed by atoms with Crippen LogP contribution in [0.25, 0.3) is 0 Å². The Bertz CT molecular complexity index is 458. The van der Waals surface area contributed by atoms with Crippen LogP contribution in [0.4, 0.5) is 11.6 Å². The van der Waals surface area contributed by atoms with Gasteiger partial charge in [0.2, 0.25) is 0 Å². The molecule has 2 heterocycles. The summed E-state index contributed by atoms with van der Waals surface area (Å²) in [6.07, 6.45) is 8.51. The Kier molecular flexibility index (Phi) is 5.83. The van der Waals surface area contributed by atoms with Crippen molar-refractivity contribution in [3.63, 3.8) is 0 Å².